The Morgan fingerprint density at radius 2 is 2.00 bits per heavy atom. The number of fused-ring (bicyclic) bond motifs is 1. The standard InChI is InChI=1S/C15H13NO2/c1-10(9-16)18-15-13(11(2)17)8-7-12-5-3-4-6-14(12)15/h3-8,10H,1-2H3. The smallest absolute Gasteiger partial charge is 0.181 e. The summed E-state index contributed by atoms with van der Waals surface area (Å²) in [5, 5.41) is 10.7. The van der Waals surface area contributed by atoms with Gasteiger partial charge < -0.3 is 4.74 Å². The Balaban J connectivity index is 2.67. The van der Waals surface area contributed by atoms with Crippen LogP contribution in [0.1, 0.15) is 24.2 Å². The number of benzene rings is 2. The Morgan fingerprint density at radius 1 is 1.28 bits per heavy atom. The van der Waals surface area contributed by atoms with Gasteiger partial charge in [-0.1, -0.05) is 30.3 Å². The van der Waals surface area contributed by atoms with Crippen LogP contribution in [-0.2, 0) is 0 Å². The number of carbonyl (C=O) groups is 1. The monoisotopic (exact) mass is 239 g/mol. The van der Waals surface area contributed by atoms with Gasteiger partial charge in [-0.05, 0) is 25.3 Å². The van der Waals surface area contributed by atoms with Gasteiger partial charge in [0.25, 0.3) is 0 Å². The molecule has 0 radical (unpaired) electrons. The van der Waals surface area contributed by atoms with Crippen molar-refractivity contribution in [2.24, 2.45) is 0 Å². The molecule has 3 heteroatoms. The minimum absolute atomic E-state index is 0.0686. The molecule has 0 aliphatic heterocycles. The van der Waals surface area contributed by atoms with Gasteiger partial charge in [-0.15, -0.1) is 0 Å². The van der Waals surface area contributed by atoms with Crippen LogP contribution >= 0.6 is 0 Å². The number of hydrogen-bond acceptors (Lipinski definition) is 3. The normalized spacial score (nSPS) is 11.8. The van der Waals surface area contributed by atoms with Crippen LogP contribution in [0.4, 0.5) is 0 Å². The molecule has 3 nitrogen and oxygen atoms in total. The summed E-state index contributed by atoms with van der Waals surface area (Å²) in [6.07, 6.45) is -0.589. The molecular weight excluding hydrogens is 226 g/mol. The third kappa shape index (κ3) is 2.18. The predicted molar refractivity (Wildman–Crippen MR) is 69.7 cm³/mol. The maximum absolute atomic E-state index is 11.6. The van der Waals surface area contributed by atoms with Crippen LogP contribution in [0, 0.1) is 11.3 Å². The van der Waals surface area contributed by atoms with Crippen LogP contribution in [-0.4, -0.2) is 11.9 Å². The number of ether oxygens (including phenoxy) is 1. The van der Waals surface area contributed by atoms with Crippen LogP contribution in [0.3, 0.4) is 0 Å². The molecule has 18 heavy (non-hydrogen) atoms. The molecule has 2 aromatic carbocycles. The highest BCUT2D eigenvalue weighted by molar-refractivity contribution is 6.03. The summed E-state index contributed by atoms with van der Waals surface area (Å²) in [5.41, 5.74) is 0.510. The minimum Gasteiger partial charge on any atom is -0.474 e. The maximum Gasteiger partial charge on any atom is 0.181 e. The molecule has 90 valence electrons. The first-order valence-corrected chi connectivity index (χ1v) is 5.72. The molecule has 1 atom stereocenters. The van der Waals surface area contributed by atoms with E-state index in [1.54, 1.807) is 13.0 Å². The molecule has 0 spiro atoms. The quantitative estimate of drug-likeness (QED) is 0.772. The van der Waals surface area contributed by atoms with Crippen molar-refractivity contribution in [2.45, 2.75) is 20.0 Å². The third-order valence-electron chi connectivity index (χ3n) is 2.74. The highest BCUT2D eigenvalue weighted by Crippen LogP contribution is 2.31. The third-order valence-corrected chi connectivity index (χ3v) is 2.74. The SMILES string of the molecule is CC(=O)c1ccc2ccccc2c1OC(C)C#N. The van der Waals surface area contributed by atoms with Crippen LogP contribution in [0.15, 0.2) is 36.4 Å². The number of Topliss-reactive ketones (excluding diaryl/α,β-unsaturated/α-hetero) is 1. The van der Waals surface area contributed by atoms with Crippen LogP contribution in [0.5, 0.6) is 5.75 Å². The largest absolute Gasteiger partial charge is 0.474 e. The zero-order chi connectivity index (χ0) is 13.1. The Labute approximate surface area is 106 Å². The zero-order valence-corrected chi connectivity index (χ0v) is 10.3. The average molecular weight is 239 g/mol. The van der Waals surface area contributed by atoms with Gasteiger partial charge in [0.15, 0.2) is 11.9 Å². The number of nitriles is 1. The van der Waals surface area contributed by atoms with Crippen molar-refractivity contribution in [3.8, 4) is 11.8 Å². The number of hydrogen-bond donors (Lipinski definition) is 0. The highest BCUT2D eigenvalue weighted by Gasteiger charge is 2.14. The molecule has 0 N–H and O–H groups in total. The van der Waals surface area contributed by atoms with E-state index in [1.165, 1.54) is 6.92 Å². The molecule has 0 bridgehead atoms. The summed E-state index contributed by atoms with van der Waals surface area (Å²) < 4.78 is 5.59. The van der Waals surface area contributed by atoms with E-state index in [2.05, 4.69) is 0 Å². The summed E-state index contributed by atoms with van der Waals surface area (Å²) in [6.45, 7) is 3.15. The van der Waals surface area contributed by atoms with Gasteiger partial charge in [-0.25, -0.2) is 0 Å². The first-order chi connectivity index (χ1) is 8.63. The van der Waals surface area contributed by atoms with E-state index in [0.29, 0.717) is 11.3 Å². The topological polar surface area (TPSA) is 50.1 Å². The first kappa shape index (κ1) is 12.1. The molecular formula is C15H13NO2. The van der Waals surface area contributed by atoms with Gasteiger partial charge in [0.2, 0.25) is 0 Å². The van der Waals surface area contributed by atoms with Crippen molar-refractivity contribution < 1.29 is 9.53 Å². The van der Waals surface area contributed by atoms with Crippen LogP contribution in [0.2, 0.25) is 0 Å². The lowest BCUT2D eigenvalue weighted by Gasteiger charge is -2.14. The highest BCUT2D eigenvalue weighted by atomic mass is 16.5. The zero-order valence-electron chi connectivity index (χ0n) is 10.3. The predicted octanol–water partition coefficient (Wildman–Crippen LogP) is 3.33. The number of carbonyl (C=O) groups excluding carboxylic acids is 1. The van der Waals surface area contributed by atoms with Crippen molar-refractivity contribution >= 4 is 16.6 Å². The molecule has 0 aromatic heterocycles. The first-order valence-electron chi connectivity index (χ1n) is 5.72. The lowest BCUT2D eigenvalue weighted by Crippen LogP contribution is -2.11. The Hall–Kier alpha value is -2.34. The van der Waals surface area contributed by atoms with Crippen molar-refractivity contribution in [3.63, 3.8) is 0 Å². The van der Waals surface area contributed by atoms with E-state index in [1.807, 2.05) is 36.4 Å². The second-order valence-electron chi connectivity index (χ2n) is 4.11. The lowest BCUT2D eigenvalue weighted by molar-refractivity contribution is 0.101. The van der Waals surface area contributed by atoms with Gasteiger partial charge in [0.05, 0.1) is 5.56 Å². The minimum atomic E-state index is -0.589. The Bertz CT molecular complexity index is 640. The molecule has 0 aliphatic rings. The molecule has 0 aliphatic carbocycles. The molecule has 2 aromatic rings. The molecule has 1 unspecified atom stereocenters. The van der Waals surface area contributed by atoms with Crippen molar-refractivity contribution in [1.82, 2.24) is 0 Å². The summed E-state index contributed by atoms with van der Waals surface area (Å²) >= 11 is 0. The summed E-state index contributed by atoms with van der Waals surface area (Å²) in [6, 6.07) is 13.3. The second-order valence-corrected chi connectivity index (χ2v) is 4.11. The van der Waals surface area contributed by atoms with Gasteiger partial charge in [-0.2, -0.15) is 5.26 Å². The number of nitrogens with zero attached hydrogens (tertiary/aromatic N) is 1. The fourth-order valence-electron chi connectivity index (χ4n) is 1.85. The fraction of sp³-hybridized carbons (Fsp3) is 0.200. The van der Waals surface area contributed by atoms with E-state index >= 15 is 0 Å². The van der Waals surface area contributed by atoms with E-state index < -0.39 is 6.10 Å². The number of rotatable bonds is 3. The van der Waals surface area contributed by atoms with Crippen LogP contribution in [0.25, 0.3) is 10.8 Å². The molecule has 0 saturated carbocycles. The van der Waals surface area contributed by atoms with E-state index in [9.17, 15) is 4.79 Å². The molecule has 2 rings (SSSR count). The maximum atomic E-state index is 11.6. The van der Waals surface area contributed by atoms with E-state index in [-0.39, 0.29) is 5.78 Å². The van der Waals surface area contributed by atoms with Crippen molar-refractivity contribution in [1.29, 1.82) is 5.26 Å². The van der Waals surface area contributed by atoms with Gasteiger partial charge >= 0.3 is 0 Å². The summed E-state index contributed by atoms with van der Waals surface area (Å²) in [4.78, 5) is 11.6. The fourth-order valence-corrected chi connectivity index (χ4v) is 1.85. The van der Waals surface area contributed by atoms with Gasteiger partial charge in [-0.3, -0.25) is 4.79 Å². The molecule has 0 saturated heterocycles. The molecule has 0 fully saturated rings. The molecule has 0 amide bonds. The summed E-state index contributed by atoms with van der Waals surface area (Å²) in [7, 11) is 0. The van der Waals surface area contributed by atoms with Crippen molar-refractivity contribution in [3.05, 3.63) is 42.0 Å². The number of ketones is 1. The summed E-state index contributed by atoms with van der Waals surface area (Å²) in [5.74, 6) is 0.426. The lowest BCUT2D eigenvalue weighted by atomic mass is 10.0. The molecule has 0 heterocycles. The van der Waals surface area contributed by atoms with E-state index in [4.69, 9.17) is 10.00 Å². The average Bonchev–Trinajstić information content (AvgIpc) is 2.38. The van der Waals surface area contributed by atoms with Gasteiger partial charge in [0.1, 0.15) is 11.8 Å². The van der Waals surface area contributed by atoms with Crippen molar-refractivity contribution in [2.75, 3.05) is 0 Å². The van der Waals surface area contributed by atoms with Crippen LogP contribution < -0.4 is 4.74 Å². The van der Waals surface area contributed by atoms with E-state index in [0.717, 1.165) is 10.8 Å². The Kier molecular flexibility index (Phi) is 3.29. The van der Waals surface area contributed by atoms with Gasteiger partial charge in [0, 0.05) is 5.39 Å². The second kappa shape index (κ2) is 4.89. The Morgan fingerprint density at radius 3 is 2.67 bits per heavy atom.